The summed E-state index contributed by atoms with van der Waals surface area (Å²) in [5, 5.41) is 3.42. The minimum absolute atomic E-state index is 0.634. The van der Waals surface area contributed by atoms with Gasteiger partial charge in [0.15, 0.2) is 0 Å². The second-order valence-corrected chi connectivity index (χ2v) is 5.05. The lowest BCUT2D eigenvalue weighted by Gasteiger charge is -2.23. The van der Waals surface area contributed by atoms with Gasteiger partial charge in [-0.3, -0.25) is 0 Å². The van der Waals surface area contributed by atoms with E-state index in [0.29, 0.717) is 5.92 Å². The van der Waals surface area contributed by atoms with Crippen molar-refractivity contribution in [3.63, 3.8) is 0 Å². The van der Waals surface area contributed by atoms with E-state index in [2.05, 4.69) is 46.1 Å². The first-order valence-electron chi connectivity index (χ1n) is 6.64. The van der Waals surface area contributed by atoms with E-state index in [1.54, 1.807) is 0 Å². The molecule has 1 saturated heterocycles. The predicted molar refractivity (Wildman–Crippen MR) is 73.1 cm³/mol. The van der Waals surface area contributed by atoms with Gasteiger partial charge in [-0.2, -0.15) is 0 Å². The van der Waals surface area contributed by atoms with Gasteiger partial charge in [0.1, 0.15) is 0 Å². The Kier molecular flexibility index (Phi) is 3.15. The molecule has 94 valence electrons. The molecule has 0 saturated carbocycles. The fraction of sp³-hybridized carbons (Fsp3) is 0.400. The van der Waals surface area contributed by atoms with Crippen LogP contribution in [0.4, 0.5) is 0 Å². The van der Waals surface area contributed by atoms with Crippen molar-refractivity contribution in [1.29, 1.82) is 0 Å². The van der Waals surface area contributed by atoms with E-state index < -0.39 is 0 Å². The Morgan fingerprint density at radius 1 is 1.28 bits per heavy atom. The molecule has 1 fully saturated rings. The average Bonchev–Trinajstić information content (AvgIpc) is 2.89. The minimum atomic E-state index is 0.634. The highest BCUT2D eigenvalue weighted by atomic mass is 15.1. The van der Waals surface area contributed by atoms with Crippen molar-refractivity contribution in [1.82, 2.24) is 14.9 Å². The molecule has 1 aliphatic heterocycles. The third-order valence-corrected chi connectivity index (χ3v) is 3.70. The van der Waals surface area contributed by atoms with E-state index in [-0.39, 0.29) is 0 Å². The van der Waals surface area contributed by atoms with Crippen LogP contribution in [-0.4, -0.2) is 22.6 Å². The molecule has 18 heavy (non-hydrogen) atoms. The van der Waals surface area contributed by atoms with Gasteiger partial charge < -0.3 is 9.88 Å². The molecule has 2 heterocycles. The summed E-state index contributed by atoms with van der Waals surface area (Å²) in [7, 11) is 0. The Morgan fingerprint density at radius 2 is 2.11 bits per heavy atom. The summed E-state index contributed by atoms with van der Waals surface area (Å²) in [6.07, 6.45) is 6.37. The van der Waals surface area contributed by atoms with E-state index >= 15 is 0 Å². The number of hydrogen-bond acceptors (Lipinski definition) is 2. The predicted octanol–water partition coefficient (Wildman–Crippen LogP) is 2.65. The summed E-state index contributed by atoms with van der Waals surface area (Å²) in [4.78, 5) is 4.35. The van der Waals surface area contributed by atoms with Crippen LogP contribution < -0.4 is 5.32 Å². The van der Waals surface area contributed by atoms with Gasteiger partial charge in [0.05, 0.1) is 6.33 Å². The lowest BCUT2D eigenvalue weighted by Crippen LogP contribution is -2.27. The molecule has 1 aromatic heterocycles. The second-order valence-electron chi connectivity index (χ2n) is 5.05. The molecule has 3 rings (SSSR count). The SMILES string of the molecule is Cc1cccc(-n2cncc2C2CCNCC2)c1. The van der Waals surface area contributed by atoms with Gasteiger partial charge in [0.2, 0.25) is 0 Å². The normalized spacial score (nSPS) is 16.9. The molecule has 0 unspecified atom stereocenters. The number of nitrogens with one attached hydrogen (secondary N) is 1. The molecule has 0 amide bonds. The zero-order valence-corrected chi connectivity index (χ0v) is 10.8. The fourth-order valence-corrected chi connectivity index (χ4v) is 2.72. The Balaban J connectivity index is 1.95. The quantitative estimate of drug-likeness (QED) is 0.876. The van der Waals surface area contributed by atoms with Crippen molar-refractivity contribution in [2.75, 3.05) is 13.1 Å². The Hall–Kier alpha value is -1.61. The van der Waals surface area contributed by atoms with Crippen molar-refractivity contribution >= 4 is 0 Å². The van der Waals surface area contributed by atoms with Gasteiger partial charge in [0, 0.05) is 23.5 Å². The molecular weight excluding hydrogens is 222 g/mol. The first kappa shape index (κ1) is 11.5. The topological polar surface area (TPSA) is 29.9 Å². The van der Waals surface area contributed by atoms with Gasteiger partial charge in [-0.15, -0.1) is 0 Å². The van der Waals surface area contributed by atoms with E-state index in [1.165, 1.54) is 29.8 Å². The van der Waals surface area contributed by atoms with E-state index in [9.17, 15) is 0 Å². The van der Waals surface area contributed by atoms with E-state index in [1.807, 2.05) is 12.5 Å². The molecule has 1 aromatic carbocycles. The van der Waals surface area contributed by atoms with Crippen molar-refractivity contribution < 1.29 is 0 Å². The molecule has 0 aliphatic carbocycles. The zero-order chi connectivity index (χ0) is 12.4. The summed E-state index contributed by atoms with van der Waals surface area (Å²) in [5.41, 5.74) is 3.86. The van der Waals surface area contributed by atoms with Gasteiger partial charge in [0.25, 0.3) is 0 Å². The van der Waals surface area contributed by atoms with Crippen molar-refractivity contribution in [2.45, 2.75) is 25.7 Å². The number of aryl methyl sites for hydroxylation is 1. The molecule has 1 N–H and O–H groups in total. The highest BCUT2D eigenvalue weighted by Gasteiger charge is 2.19. The molecule has 2 aromatic rings. The minimum Gasteiger partial charge on any atom is -0.317 e. The smallest absolute Gasteiger partial charge is 0.0994 e. The summed E-state index contributed by atoms with van der Waals surface area (Å²) >= 11 is 0. The van der Waals surface area contributed by atoms with Crippen LogP contribution in [0.25, 0.3) is 5.69 Å². The third kappa shape index (κ3) is 2.18. The molecule has 3 heteroatoms. The number of piperidine rings is 1. The lowest BCUT2D eigenvalue weighted by molar-refractivity contribution is 0.449. The molecule has 0 atom stereocenters. The van der Waals surface area contributed by atoms with Crippen LogP contribution in [0.15, 0.2) is 36.8 Å². The van der Waals surface area contributed by atoms with Crippen LogP contribution in [0.2, 0.25) is 0 Å². The van der Waals surface area contributed by atoms with Crippen LogP contribution in [-0.2, 0) is 0 Å². The number of hydrogen-bond donors (Lipinski definition) is 1. The first-order chi connectivity index (χ1) is 8.84. The van der Waals surface area contributed by atoms with Gasteiger partial charge in [-0.25, -0.2) is 4.98 Å². The maximum Gasteiger partial charge on any atom is 0.0994 e. The fourth-order valence-electron chi connectivity index (χ4n) is 2.72. The van der Waals surface area contributed by atoms with Gasteiger partial charge in [-0.1, -0.05) is 12.1 Å². The third-order valence-electron chi connectivity index (χ3n) is 3.70. The molecule has 0 bridgehead atoms. The second kappa shape index (κ2) is 4.94. The van der Waals surface area contributed by atoms with Gasteiger partial charge in [-0.05, 0) is 50.6 Å². The first-order valence-corrected chi connectivity index (χ1v) is 6.64. The van der Waals surface area contributed by atoms with Crippen LogP contribution in [0.1, 0.15) is 30.0 Å². The van der Waals surface area contributed by atoms with Gasteiger partial charge >= 0.3 is 0 Å². The Labute approximate surface area is 108 Å². The number of nitrogens with zero attached hydrogens (tertiary/aromatic N) is 2. The molecule has 0 radical (unpaired) electrons. The lowest BCUT2D eigenvalue weighted by atomic mass is 9.95. The van der Waals surface area contributed by atoms with E-state index in [4.69, 9.17) is 0 Å². The Morgan fingerprint density at radius 3 is 2.89 bits per heavy atom. The summed E-state index contributed by atoms with van der Waals surface area (Å²) in [5.74, 6) is 0.634. The summed E-state index contributed by atoms with van der Waals surface area (Å²) < 4.78 is 2.24. The summed E-state index contributed by atoms with van der Waals surface area (Å²) in [6.45, 7) is 4.36. The highest BCUT2D eigenvalue weighted by molar-refractivity contribution is 5.37. The summed E-state index contributed by atoms with van der Waals surface area (Å²) in [6, 6.07) is 8.60. The monoisotopic (exact) mass is 241 g/mol. The van der Waals surface area contributed by atoms with Crippen LogP contribution in [0, 0.1) is 6.92 Å². The molecule has 3 nitrogen and oxygen atoms in total. The van der Waals surface area contributed by atoms with Crippen molar-refractivity contribution in [3.05, 3.63) is 48.0 Å². The maximum atomic E-state index is 4.35. The molecule has 0 spiro atoms. The van der Waals surface area contributed by atoms with Crippen molar-refractivity contribution in [2.24, 2.45) is 0 Å². The van der Waals surface area contributed by atoms with Crippen LogP contribution in [0.3, 0.4) is 0 Å². The number of imidazole rings is 1. The number of rotatable bonds is 2. The molecule has 1 aliphatic rings. The largest absolute Gasteiger partial charge is 0.317 e. The highest BCUT2D eigenvalue weighted by Crippen LogP contribution is 2.27. The molecular formula is C15H19N3. The maximum absolute atomic E-state index is 4.35. The standard InChI is InChI=1S/C15H19N3/c1-12-3-2-4-14(9-12)18-11-17-10-15(18)13-5-7-16-8-6-13/h2-4,9-11,13,16H,5-8H2,1H3. The number of aromatic nitrogens is 2. The van der Waals surface area contributed by atoms with E-state index in [0.717, 1.165) is 13.1 Å². The zero-order valence-electron chi connectivity index (χ0n) is 10.8. The number of benzene rings is 1. The van der Waals surface area contributed by atoms with Crippen LogP contribution in [0.5, 0.6) is 0 Å². The van der Waals surface area contributed by atoms with Crippen molar-refractivity contribution in [3.8, 4) is 5.69 Å². The van der Waals surface area contributed by atoms with Crippen LogP contribution >= 0.6 is 0 Å². The Bertz CT molecular complexity index is 524. The average molecular weight is 241 g/mol.